The first-order chi connectivity index (χ1) is 8.81. The molecule has 4 nitrogen and oxygen atoms in total. The first-order valence-corrected chi connectivity index (χ1v) is 6.92. The average molecular weight is 256 g/mol. The lowest BCUT2D eigenvalue weighted by Crippen LogP contribution is -1.92. The Hall–Kier alpha value is -1.75. The number of aryl methyl sites for hydroxylation is 1. The Kier molecular flexibility index (Phi) is 2.05. The van der Waals surface area contributed by atoms with Crippen molar-refractivity contribution in [1.82, 2.24) is 19.8 Å². The highest BCUT2D eigenvalue weighted by Crippen LogP contribution is 2.42. The molecule has 1 aliphatic carbocycles. The molecule has 1 fully saturated rings. The largest absolute Gasteiger partial charge is 0.234 e. The Labute approximate surface area is 108 Å². The molecule has 0 spiro atoms. The van der Waals surface area contributed by atoms with Gasteiger partial charge in [-0.05, 0) is 25.8 Å². The van der Waals surface area contributed by atoms with Crippen molar-refractivity contribution in [2.24, 2.45) is 0 Å². The Bertz CT molecular complexity index is 724. The third kappa shape index (κ3) is 1.54. The lowest BCUT2D eigenvalue weighted by atomic mass is 10.1. The first-order valence-electron chi connectivity index (χ1n) is 6.10. The van der Waals surface area contributed by atoms with Gasteiger partial charge in [-0.2, -0.15) is 9.61 Å². The van der Waals surface area contributed by atoms with Gasteiger partial charge in [0.1, 0.15) is 5.01 Å². The SMILES string of the molecule is Cc1cccc(-c2nnc3sc(C4CC4)nn23)c1. The Morgan fingerprint density at radius 1 is 1.28 bits per heavy atom. The van der Waals surface area contributed by atoms with Crippen molar-refractivity contribution in [3.8, 4) is 11.4 Å². The van der Waals surface area contributed by atoms with Crippen LogP contribution in [0.3, 0.4) is 0 Å². The molecule has 1 aliphatic rings. The molecule has 1 saturated carbocycles. The summed E-state index contributed by atoms with van der Waals surface area (Å²) in [5, 5.41) is 14.3. The molecule has 0 atom stereocenters. The normalized spacial score (nSPS) is 15.4. The molecular formula is C13H12N4S. The second-order valence-electron chi connectivity index (χ2n) is 4.80. The van der Waals surface area contributed by atoms with E-state index in [4.69, 9.17) is 0 Å². The summed E-state index contributed by atoms with van der Waals surface area (Å²) >= 11 is 1.67. The van der Waals surface area contributed by atoms with Gasteiger partial charge in [0.2, 0.25) is 4.96 Å². The van der Waals surface area contributed by atoms with E-state index in [1.54, 1.807) is 11.3 Å². The summed E-state index contributed by atoms with van der Waals surface area (Å²) in [6, 6.07) is 8.30. The van der Waals surface area contributed by atoms with Crippen molar-refractivity contribution < 1.29 is 0 Å². The zero-order valence-corrected chi connectivity index (χ0v) is 10.8. The van der Waals surface area contributed by atoms with Crippen LogP contribution in [-0.2, 0) is 0 Å². The molecule has 5 heteroatoms. The third-order valence-corrected chi connectivity index (χ3v) is 4.27. The molecule has 18 heavy (non-hydrogen) atoms. The van der Waals surface area contributed by atoms with E-state index in [0.717, 1.165) is 16.3 Å². The molecule has 0 unspecified atom stereocenters. The highest BCUT2D eigenvalue weighted by Gasteiger charge is 2.28. The van der Waals surface area contributed by atoms with Gasteiger partial charge in [0, 0.05) is 11.5 Å². The quantitative estimate of drug-likeness (QED) is 0.707. The third-order valence-electron chi connectivity index (χ3n) is 3.21. The van der Waals surface area contributed by atoms with E-state index < -0.39 is 0 Å². The molecule has 1 aromatic carbocycles. The van der Waals surface area contributed by atoms with E-state index in [-0.39, 0.29) is 0 Å². The van der Waals surface area contributed by atoms with Crippen LogP contribution in [0.2, 0.25) is 0 Å². The fourth-order valence-corrected chi connectivity index (χ4v) is 3.10. The maximum absolute atomic E-state index is 4.65. The lowest BCUT2D eigenvalue weighted by molar-refractivity contribution is 0.901. The Morgan fingerprint density at radius 3 is 2.94 bits per heavy atom. The van der Waals surface area contributed by atoms with E-state index >= 15 is 0 Å². The van der Waals surface area contributed by atoms with Crippen LogP contribution in [0.4, 0.5) is 0 Å². The van der Waals surface area contributed by atoms with Crippen LogP contribution in [-0.4, -0.2) is 19.8 Å². The molecule has 0 saturated heterocycles. The smallest absolute Gasteiger partial charge is 0.183 e. The van der Waals surface area contributed by atoms with E-state index in [1.165, 1.54) is 23.4 Å². The number of hydrogen-bond acceptors (Lipinski definition) is 4. The molecule has 2 heterocycles. The predicted octanol–water partition coefficient (Wildman–Crippen LogP) is 3.04. The summed E-state index contributed by atoms with van der Waals surface area (Å²) in [4.78, 5) is 0.897. The van der Waals surface area contributed by atoms with Crippen LogP contribution in [0.5, 0.6) is 0 Å². The summed E-state index contributed by atoms with van der Waals surface area (Å²) < 4.78 is 1.88. The maximum atomic E-state index is 4.65. The van der Waals surface area contributed by atoms with Crippen LogP contribution in [0.15, 0.2) is 24.3 Å². The van der Waals surface area contributed by atoms with Gasteiger partial charge in [-0.15, -0.1) is 10.2 Å². The molecule has 0 aliphatic heterocycles. The lowest BCUT2D eigenvalue weighted by Gasteiger charge is -1.98. The van der Waals surface area contributed by atoms with Crippen LogP contribution in [0.25, 0.3) is 16.3 Å². The van der Waals surface area contributed by atoms with Crippen LogP contribution < -0.4 is 0 Å². The standard InChI is InChI=1S/C13H12N4S/c1-8-3-2-4-10(7-8)11-14-15-13-17(11)16-12(18-13)9-5-6-9/h2-4,7,9H,5-6H2,1H3. The van der Waals surface area contributed by atoms with E-state index in [0.29, 0.717) is 5.92 Å². The highest BCUT2D eigenvalue weighted by atomic mass is 32.1. The molecular weight excluding hydrogens is 244 g/mol. The van der Waals surface area contributed by atoms with Crippen molar-refractivity contribution in [2.45, 2.75) is 25.7 Å². The predicted molar refractivity (Wildman–Crippen MR) is 70.8 cm³/mol. The van der Waals surface area contributed by atoms with Gasteiger partial charge >= 0.3 is 0 Å². The topological polar surface area (TPSA) is 43.1 Å². The van der Waals surface area contributed by atoms with Crippen molar-refractivity contribution >= 4 is 16.3 Å². The van der Waals surface area contributed by atoms with E-state index in [9.17, 15) is 0 Å². The second kappa shape index (κ2) is 3.62. The fraction of sp³-hybridized carbons (Fsp3) is 0.308. The van der Waals surface area contributed by atoms with Gasteiger partial charge in [0.15, 0.2) is 5.82 Å². The molecule has 0 bridgehead atoms. The molecule has 0 amide bonds. The molecule has 2 aromatic heterocycles. The fourth-order valence-electron chi connectivity index (χ4n) is 2.09. The molecule has 4 rings (SSSR count). The summed E-state index contributed by atoms with van der Waals surface area (Å²) in [6.45, 7) is 2.08. The zero-order valence-electron chi connectivity index (χ0n) is 10.00. The number of benzene rings is 1. The minimum atomic E-state index is 0.669. The molecule has 3 aromatic rings. The summed E-state index contributed by atoms with van der Waals surface area (Å²) in [5.74, 6) is 1.51. The van der Waals surface area contributed by atoms with Crippen LogP contribution >= 0.6 is 11.3 Å². The van der Waals surface area contributed by atoms with Gasteiger partial charge in [-0.25, -0.2) is 0 Å². The second-order valence-corrected chi connectivity index (χ2v) is 5.79. The van der Waals surface area contributed by atoms with Crippen molar-refractivity contribution in [1.29, 1.82) is 0 Å². The van der Waals surface area contributed by atoms with E-state index in [1.807, 2.05) is 10.6 Å². The summed E-state index contributed by atoms with van der Waals surface area (Å²) in [6.07, 6.45) is 2.54. The van der Waals surface area contributed by atoms with E-state index in [2.05, 4.69) is 40.4 Å². The average Bonchev–Trinajstić information content (AvgIpc) is 3.00. The van der Waals surface area contributed by atoms with Crippen LogP contribution in [0.1, 0.15) is 29.3 Å². The summed E-state index contributed by atoms with van der Waals surface area (Å²) in [7, 11) is 0. The number of nitrogens with zero attached hydrogens (tertiary/aromatic N) is 4. The summed E-state index contributed by atoms with van der Waals surface area (Å²) in [5.41, 5.74) is 2.30. The Balaban J connectivity index is 1.88. The maximum Gasteiger partial charge on any atom is 0.234 e. The molecule has 0 N–H and O–H groups in total. The number of rotatable bonds is 2. The van der Waals surface area contributed by atoms with Gasteiger partial charge < -0.3 is 0 Å². The molecule has 90 valence electrons. The number of fused-ring (bicyclic) bond motifs is 1. The zero-order chi connectivity index (χ0) is 12.1. The minimum Gasteiger partial charge on any atom is -0.183 e. The van der Waals surface area contributed by atoms with Gasteiger partial charge in [0.25, 0.3) is 0 Å². The minimum absolute atomic E-state index is 0.669. The molecule has 0 radical (unpaired) electrons. The van der Waals surface area contributed by atoms with Crippen molar-refractivity contribution in [2.75, 3.05) is 0 Å². The highest BCUT2D eigenvalue weighted by molar-refractivity contribution is 7.16. The van der Waals surface area contributed by atoms with Crippen LogP contribution in [0, 0.1) is 6.92 Å². The Morgan fingerprint density at radius 2 is 2.17 bits per heavy atom. The van der Waals surface area contributed by atoms with Crippen molar-refractivity contribution in [3.05, 3.63) is 34.8 Å². The first kappa shape index (κ1) is 10.2. The van der Waals surface area contributed by atoms with Gasteiger partial charge in [0.05, 0.1) is 0 Å². The van der Waals surface area contributed by atoms with Gasteiger partial charge in [-0.3, -0.25) is 0 Å². The van der Waals surface area contributed by atoms with Crippen molar-refractivity contribution in [3.63, 3.8) is 0 Å². The van der Waals surface area contributed by atoms with Gasteiger partial charge in [-0.1, -0.05) is 35.1 Å². The number of hydrogen-bond donors (Lipinski definition) is 0. The number of aromatic nitrogens is 4. The monoisotopic (exact) mass is 256 g/mol.